The van der Waals surface area contributed by atoms with Crippen molar-refractivity contribution >= 4 is 12.1 Å². The third kappa shape index (κ3) is 0.471. The third-order valence-electron chi connectivity index (χ3n) is 1.10. The molecule has 10 heavy (non-hydrogen) atoms. The Morgan fingerprint density at radius 2 is 2.10 bits per heavy atom. The SMILES string of the molecule is O=CC1=C2N=NN=C2N=N1. The normalized spacial score (nSPS) is 19.8. The van der Waals surface area contributed by atoms with Gasteiger partial charge in [0.15, 0.2) is 17.7 Å². The maximum absolute atomic E-state index is 10.2. The molecule has 0 aromatic rings. The Morgan fingerprint density at radius 3 is 2.90 bits per heavy atom. The van der Waals surface area contributed by atoms with E-state index in [4.69, 9.17) is 0 Å². The van der Waals surface area contributed by atoms with Crippen LogP contribution in [0.25, 0.3) is 0 Å². The number of azo groups is 1. The Kier molecular flexibility index (Phi) is 0.830. The van der Waals surface area contributed by atoms with E-state index in [1.165, 1.54) is 0 Å². The molecule has 0 bridgehead atoms. The first-order chi connectivity index (χ1) is 4.92. The van der Waals surface area contributed by atoms with Gasteiger partial charge in [-0.05, 0) is 5.22 Å². The average molecular weight is 135 g/mol. The molecule has 0 aromatic carbocycles. The van der Waals surface area contributed by atoms with Gasteiger partial charge < -0.3 is 0 Å². The van der Waals surface area contributed by atoms with Gasteiger partial charge in [0.1, 0.15) is 0 Å². The van der Waals surface area contributed by atoms with Gasteiger partial charge in [0.2, 0.25) is 5.84 Å². The second kappa shape index (κ2) is 1.63. The van der Waals surface area contributed by atoms with Crippen LogP contribution in [0.4, 0.5) is 0 Å². The highest BCUT2D eigenvalue weighted by Crippen LogP contribution is 2.21. The molecule has 48 valence electrons. The summed E-state index contributed by atoms with van der Waals surface area (Å²) in [5.74, 6) is 0.321. The van der Waals surface area contributed by atoms with Crippen molar-refractivity contribution < 1.29 is 4.79 Å². The molecule has 6 heteroatoms. The molecule has 6 nitrogen and oxygen atoms in total. The molecule has 0 spiro atoms. The molecule has 2 aliphatic rings. The fraction of sp³-hybridized carbons (Fsp3) is 0. The molecule has 2 aliphatic heterocycles. The van der Waals surface area contributed by atoms with Gasteiger partial charge in [-0.1, -0.05) is 0 Å². The van der Waals surface area contributed by atoms with Gasteiger partial charge in [0.25, 0.3) is 0 Å². The summed E-state index contributed by atoms with van der Waals surface area (Å²) in [5.41, 5.74) is 0.565. The number of rotatable bonds is 1. The van der Waals surface area contributed by atoms with Crippen LogP contribution in [0.3, 0.4) is 0 Å². The number of carbonyl (C=O) groups excluding carboxylic acids is 1. The lowest BCUT2D eigenvalue weighted by Gasteiger charge is -1.78. The van der Waals surface area contributed by atoms with Gasteiger partial charge >= 0.3 is 0 Å². The zero-order chi connectivity index (χ0) is 6.97. The van der Waals surface area contributed by atoms with E-state index in [9.17, 15) is 4.79 Å². The Balaban J connectivity index is 2.59. The van der Waals surface area contributed by atoms with Crippen molar-refractivity contribution in [3.8, 4) is 0 Å². The van der Waals surface area contributed by atoms with E-state index in [1.807, 2.05) is 0 Å². The zero-order valence-electron chi connectivity index (χ0n) is 4.72. The molecule has 0 saturated heterocycles. The van der Waals surface area contributed by atoms with Crippen molar-refractivity contribution in [3.63, 3.8) is 0 Å². The van der Waals surface area contributed by atoms with E-state index in [2.05, 4.69) is 25.7 Å². The van der Waals surface area contributed by atoms with Crippen molar-refractivity contribution in [1.29, 1.82) is 0 Å². The predicted octanol–water partition coefficient (Wildman–Crippen LogP) is 0.642. The predicted molar refractivity (Wildman–Crippen MR) is 30.2 cm³/mol. The lowest BCUT2D eigenvalue weighted by molar-refractivity contribution is -0.105. The monoisotopic (exact) mass is 135 g/mol. The number of fused-ring (bicyclic) bond motifs is 1. The van der Waals surface area contributed by atoms with E-state index < -0.39 is 0 Å². The summed E-state index contributed by atoms with van der Waals surface area (Å²) in [4.78, 5) is 10.2. The topological polar surface area (TPSA) is 78.9 Å². The minimum absolute atomic E-state index is 0.194. The Hall–Kier alpha value is -1.72. The molecular weight excluding hydrogens is 134 g/mol. The van der Waals surface area contributed by atoms with Crippen molar-refractivity contribution in [2.45, 2.75) is 0 Å². The summed E-state index contributed by atoms with van der Waals surface area (Å²) in [6.07, 6.45) is 0.575. The van der Waals surface area contributed by atoms with Gasteiger partial charge in [-0.15, -0.1) is 20.4 Å². The fourth-order valence-corrected chi connectivity index (χ4v) is 0.663. The highest BCUT2D eigenvalue weighted by Gasteiger charge is 2.22. The van der Waals surface area contributed by atoms with Crippen LogP contribution in [-0.4, -0.2) is 12.1 Å². The molecule has 2 heterocycles. The molecule has 0 atom stereocenters. The Morgan fingerprint density at radius 1 is 1.20 bits per heavy atom. The molecule has 0 amide bonds. The number of nitrogens with zero attached hydrogens (tertiary/aromatic N) is 5. The minimum atomic E-state index is 0.194. The van der Waals surface area contributed by atoms with Crippen molar-refractivity contribution in [3.05, 3.63) is 11.4 Å². The van der Waals surface area contributed by atoms with E-state index in [0.29, 0.717) is 17.8 Å². The molecule has 0 fully saturated rings. The standard InChI is InChI=1S/C4HN5O/c10-1-2-3-4(7-5-2)8-9-6-3/h1H. The summed E-state index contributed by atoms with van der Waals surface area (Å²) in [6, 6.07) is 0. The molecular formula is C4HN5O. The van der Waals surface area contributed by atoms with Crippen LogP contribution in [0.15, 0.2) is 37.1 Å². The van der Waals surface area contributed by atoms with Gasteiger partial charge in [0, 0.05) is 0 Å². The first kappa shape index (κ1) is 5.10. The number of hydrogen-bond donors (Lipinski definition) is 0. The first-order valence-electron chi connectivity index (χ1n) is 2.52. The quantitative estimate of drug-likeness (QED) is 0.486. The van der Waals surface area contributed by atoms with E-state index in [0.717, 1.165) is 0 Å². The maximum Gasteiger partial charge on any atom is 0.228 e. The summed E-state index contributed by atoms with van der Waals surface area (Å²) >= 11 is 0. The maximum atomic E-state index is 10.2. The smallest absolute Gasteiger partial charge is 0.228 e. The van der Waals surface area contributed by atoms with Gasteiger partial charge in [-0.3, -0.25) is 4.79 Å². The summed E-state index contributed by atoms with van der Waals surface area (Å²) < 4.78 is 0. The van der Waals surface area contributed by atoms with Crippen LogP contribution in [0.2, 0.25) is 0 Å². The van der Waals surface area contributed by atoms with Crippen molar-refractivity contribution in [2.24, 2.45) is 25.7 Å². The molecule has 0 N–H and O–H groups in total. The number of allylic oxidation sites excluding steroid dienone is 1. The largest absolute Gasteiger partial charge is 0.296 e. The van der Waals surface area contributed by atoms with Gasteiger partial charge in [-0.25, -0.2) is 0 Å². The van der Waals surface area contributed by atoms with Crippen LogP contribution < -0.4 is 0 Å². The highest BCUT2D eigenvalue weighted by molar-refractivity contribution is 6.05. The zero-order valence-corrected chi connectivity index (χ0v) is 4.72. The van der Waals surface area contributed by atoms with Crippen molar-refractivity contribution in [1.82, 2.24) is 0 Å². The molecule has 2 rings (SSSR count). The lowest BCUT2D eigenvalue weighted by atomic mass is 10.3. The van der Waals surface area contributed by atoms with Crippen LogP contribution >= 0.6 is 0 Å². The number of hydrogen-bond acceptors (Lipinski definition) is 6. The van der Waals surface area contributed by atoms with Crippen LogP contribution in [0.1, 0.15) is 0 Å². The van der Waals surface area contributed by atoms with Crippen LogP contribution in [0.5, 0.6) is 0 Å². The van der Waals surface area contributed by atoms with E-state index in [1.54, 1.807) is 0 Å². The minimum Gasteiger partial charge on any atom is -0.296 e. The summed E-state index contributed by atoms with van der Waals surface area (Å²) in [6.45, 7) is 0. The van der Waals surface area contributed by atoms with Gasteiger partial charge in [0.05, 0.1) is 0 Å². The van der Waals surface area contributed by atoms with Gasteiger partial charge in [-0.2, -0.15) is 0 Å². The number of aldehydes is 1. The van der Waals surface area contributed by atoms with E-state index in [-0.39, 0.29) is 5.70 Å². The second-order valence-electron chi connectivity index (χ2n) is 1.66. The molecule has 0 aliphatic carbocycles. The summed E-state index contributed by atoms with van der Waals surface area (Å²) in [5, 5.41) is 17.4. The highest BCUT2D eigenvalue weighted by atomic mass is 16.1. The molecule has 0 aromatic heterocycles. The first-order valence-corrected chi connectivity index (χ1v) is 2.52. The molecule has 0 unspecified atom stereocenters. The Labute approximate surface area is 55.1 Å². The third-order valence-corrected chi connectivity index (χ3v) is 1.10. The fourth-order valence-electron chi connectivity index (χ4n) is 0.663. The number of carbonyl (C=O) groups is 1. The molecule has 0 radical (unpaired) electrons. The molecule has 0 saturated carbocycles. The van der Waals surface area contributed by atoms with E-state index >= 15 is 0 Å². The second-order valence-corrected chi connectivity index (χ2v) is 1.66. The Bertz CT molecular complexity index is 310. The average Bonchev–Trinajstić information content (AvgIpc) is 2.44. The lowest BCUT2D eigenvalue weighted by Crippen LogP contribution is -1.88. The number of amidine groups is 1. The van der Waals surface area contributed by atoms with Crippen LogP contribution in [-0.2, 0) is 4.79 Å². The summed E-state index contributed by atoms with van der Waals surface area (Å²) in [7, 11) is 0. The van der Waals surface area contributed by atoms with Crippen LogP contribution in [0, 0.1) is 0 Å². The van der Waals surface area contributed by atoms with Crippen molar-refractivity contribution in [2.75, 3.05) is 0 Å².